The van der Waals surface area contributed by atoms with Gasteiger partial charge in [0, 0.05) is 24.2 Å². The number of aromatic nitrogens is 4. The number of amides is 1. The quantitative estimate of drug-likeness (QED) is 0.883. The number of aryl methyl sites for hydroxylation is 1. The van der Waals surface area contributed by atoms with Crippen LogP contribution in [0.1, 0.15) is 30.6 Å². The third kappa shape index (κ3) is 2.96. The van der Waals surface area contributed by atoms with Gasteiger partial charge in [-0.3, -0.25) is 4.79 Å². The van der Waals surface area contributed by atoms with E-state index < -0.39 is 0 Å². The zero-order valence-corrected chi connectivity index (χ0v) is 11.1. The minimum absolute atomic E-state index is 0.0702. The van der Waals surface area contributed by atoms with E-state index in [1.807, 2.05) is 32.0 Å². The Balaban J connectivity index is 2.27. The number of rotatable bonds is 5. The van der Waals surface area contributed by atoms with Gasteiger partial charge in [0.15, 0.2) is 5.82 Å². The van der Waals surface area contributed by atoms with Gasteiger partial charge < -0.3 is 5.32 Å². The summed E-state index contributed by atoms with van der Waals surface area (Å²) in [5.41, 5.74) is 1.47. The van der Waals surface area contributed by atoms with Crippen molar-refractivity contribution in [2.75, 3.05) is 6.54 Å². The predicted molar refractivity (Wildman–Crippen MR) is 71.6 cm³/mol. The lowest BCUT2D eigenvalue weighted by molar-refractivity contribution is 0.0953. The smallest absolute Gasteiger partial charge is 0.251 e. The Morgan fingerprint density at radius 2 is 2.21 bits per heavy atom. The molecule has 0 bridgehead atoms. The number of carbonyl (C=O) groups is 1. The molecule has 0 aliphatic rings. The third-order valence-electron chi connectivity index (χ3n) is 2.75. The molecule has 6 nitrogen and oxygen atoms in total. The van der Waals surface area contributed by atoms with E-state index in [0.717, 1.165) is 12.0 Å². The van der Waals surface area contributed by atoms with Crippen molar-refractivity contribution in [2.45, 2.75) is 26.8 Å². The molecule has 19 heavy (non-hydrogen) atoms. The molecular formula is C13H17N5O. The summed E-state index contributed by atoms with van der Waals surface area (Å²) in [4.78, 5) is 11.9. The zero-order valence-electron chi connectivity index (χ0n) is 11.1. The van der Waals surface area contributed by atoms with Gasteiger partial charge in [0.05, 0.1) is 0 Å². The number of nitrogens with zero attached hydrogens (tertiary/aromatic N) is 4. The second-order valence-corrected chi connectivity index (χ2v) is 4.15. The van der Waals surface area contributed by atoms with Crippen molar-refractivity contribution < 1.29 is 4.79 Å². The Hall–Kier alpha value is -2.24. The van der Waals surface area contributed by atoms with Crippen LogP contribution in [0.5, 0.6) is 0 Å². The van der Waals surface area contributed by atoms with Crippen molar-refractivity contribution in [3.05, 3.63) is 29.8 Å². The van der Waals surface area contributed by atoms with Crippen LogP contribution < -0.4 is 5.32 Å². The number of hydrogen-bond acceptors (Lipinski definition) is 4. The van der Waals surface area contributed by atoms with E-state index in [-0.39, 0.29) is 5.91 Å². The van der Waals surface area contributed by atoms with Gasteiger partial charge >= 0.3 is 0 Å². The van der Waals surface area contributed by atoms with Crippen LogP contribution in [-0.4, -0.2) is 32.7 Å². The van der Waals surface area contributed by atoms with Crippen molar-refractivity contribution >= 4 is 5.91 Å². The Morgan fingerprint density at radius 3 is 2.95 bits per heavy atom. The second-order valence-electron chi connectivity index (χ2n) is 4.15. The Bertz CT molecular complexity index is 564. The normalized spacial score (nSPS) is 10.4. The van der Waals surface area contributed by atoms with Gasteiger partial charge in [-0.1, -0.05) is 19.1 Å². The van der Waals surface area contributed by atoms with Crippen LogP contribution in [0.2, 0.25) is 0 Å². The monoisotopic (exact) mass is 259 g/mol. The van der Waals surface area contributed by atoms with Crippen LogP contribution in [0, 0.1) is 0 Å². The summed E-state index contributed by atoms with van der Waals surface area (Å²) in [5, 5.41) is 14.4. The molecule has 1 aromatic carbocycles. The highest BCUT2D eigenvalue weighted by Crippen LogP contribution is 2.17. The summed E-state index contributed by atoms with van der Waals surface area (Å²) in [7, 11) is 0. The molecule has 0 saturated carbocycles. The first-order valence-corrected chi connectivity index (χ1v) is 6.41. The van der Waals surface area contributed by atoms with Crippen molar-refractivity contribution in [2.24, 2.45) is 0 Å². The van der Waals surface area contributed by atoms with Crippen molar-refractivity contribution in [1.29, 1.82) is 0 Å². The molecule has 1 heterocycles. The molecule has 0 atom stereocenters. The first kappa shape index (κ1) is 13.2. The average molecular weight is 259 g/mol. The molecule has 0 aliphatic carbocycles. The van der Waals surface area contributed by atoms with Gasteiger partial charge in [-0.2, -0.15) is 0 Å². The summed E-state index contributed by atoms with van der Waals surface area (Å²) in [5.74, 6) is 0.604. The molecule has 2 aromatic rings. The van der Waals surface area contributed by atoms with Gasteiger partial charge in [0.25, 0.3) is 5.91 Å². The minimum Gasteiger partial charge on any atom is -0.352 e. The summed E-state index contributed by atoms with van der Waals surface area (Å²) in [6.45, 7) is 5.36. The third-order valence-corrected chi connectivity index (χ3v) is 2.75. The highest BCUT2D eigenvalue weighted by Gasteiger charge is 2.10. The maximum Gasteiger partial charge on any atom is 0.251 e. The first-order valence-electron chi connectivity index (χ1n) is 6.41. The van der Waals surface area contributed by atoms with Crippen LogP contribution in [0.15, 0.2) is 24.3 Å². The molecule has 0 spiro atoms. The summed E-state index contributed by atoms with van der Waals surface area (Å²) in [6.07, 6.45) is 0.916. The SMILES string of the molecule is CCCNC(=O)c1cccc(-c2nnnn2CC)c1. The van der Waals surface area contributed by atoms with Crippen LogP contribution in [0.4, 0.5) is 0 Å². The minimum atomic E-state index is -0.0702. The van der Waals surface area contributed by atoms with Crippen molar-refractivity contribution in [3.63, 3.8) is 0 Å². The van der Waals surface area contributed by atoms with E-state index in [9.17, 15) is 4.79 Å². The molecule has 100 valence electrons. The fraction of sp³-hybridized carbons (Fsp3) is 0.385. The van der Waals surface area contributed by atoms with Crippen LogP contribution >= 0.6 is 0 Å². The molecule has 1 amide bonds. The molecule has 2 rings (SSSR count). The van der Waals surface area contributed by atoms with Crippen molar-refractivity contribution in [3.8, 4) is 11.4 Å². The molecule has 0 aliphatic heterocycles. The van der Waals surface area contributed by atoms with E-state index >= 15 is 0 Å². The molecule has 1 N–H and O–H groups in total. The maximum atomic E-state index is 11.9. The highest BCUT2D eigenvalue weighted by molar-refractivity contribution is 5.95. The van der Waals surface area contributed by atoms with Crippen LogP contribution in [0.25, 0.3) is 11.4 Å². The number of benzene rings is 1. The Morgan fingerprint density at radius 1 is 1.37 bits per heavy atom. The van der Waals surface area contributed by atoms with E-state index in [4.69, 9.17) is 0 Å². The molecule has 0 radical (unpaired) electrons. The highest BCUT2D eigenvalue weighted by atomic mass is 16.1. The van der Waals surface area contributed by atoms with Gasteiger partial charge in [-0.25, -0.2) is 4.68 Å². The van der Waals surface area contributed by atoms with Gasteiger partial charge in [-0.15, -0.1) is 5.10 Å². The van der Waals surface area contributed by atoms with Crippen LogP contribution in [-0.2, 0) is 6.54 Å². The first-order chi connectivity index (χ1) is 9.26. The standard InChI is InChI=1S/C13H17N5O/c1-3-8-14-13(19)11-7-5-6-10(9-11)12-15-16-17-18(12)4-2/h5-7,9H,3-4,8H2,1-2H3,(H,14,19). The van der Waals surface area contributed by atoms with E-state index in [1.54, 1.807) is 10.7 Å². The van der Waals surface area contributed by atoms with E-state index in [0.29, 0.717) is 24.5 Å². The fourth-order valence-electron chi connectivity index (χ4n) is 1.76. The lowest BCUT2D eigenvalue weighted by Crippen LogP contribution is -2.23. The van der Waals surface area contributed by atoms with Gasteiger partial charge in [-0.05, 0) is 35.9 Å². The van der Waals surface area contributed by atoms with E-state index in [1.165, 1.54) is 0 Å². The average Bonchev–Trinajstić information content (AvgIpc) is 2.93. The van der Waals surface area contributed by atoms with Gasteiger partial charge in [0.2, 0.25) is 0 Å². The fourth-order valence-corrected chi connectivity index (χ4v) is 1.76. The molecule has 0 saturated heterocycles. The molecule has 1 aromatic heterocycles. The summed E-state index contributed by atoms with van der Waals surface area (Å²) in [6, 6.07) is 7.33. The summed E-state index contributed by atoms with van der Waals surface area (Å²) < 4.78 is 1.70. The number of nitrogens with one attached hydrogen (secondary N) is 1. The molecule has 0 unspecified atom stereocenters. The molecule has 0 fully saturated rings. The zero-order chi connectivity index (χ0) is 13.7. The number of hydrogen-bond donors (Lipinski definition) is 1. The number of tetrazole rings is 1. The maximum absolute atomic E-state index is 11.9. The van der Waals surface area contributed by atoms with Crippen LogP contribution in [0.3, 0.4) is 0 Å². The number of carbonyl (C=O) groups excluding carboxylic acids is 1. The van der Waals surface area contributed by atoms with Crippen molar-refractivity contribution in [1.82, 2.24) is 25.5 Å². The Labute approximate surface area is 111 Å². The summed E-state index contributed by atoms with van der Waals surface area (Å²) >= 11 is 0. The predicted octanol–water partition coefficient (Wildman–Crippen LogP) is 1.50. The lowest BCUT2D eigenvalue weighted by Gasteiger charge is -2.06. The lowest BCUT2D eigenvalue weighted by atomic mass is 10.1. The molecular weight excluding hydrogens is 242 g/mol. The van der Waals surface area contributed by atoms with Gasteiger partial charge in [0.1, 0.15) is 0 Å². The van der Waals surface area contributed by atoms with E-state index in [2.05, 4.69) is 20.8 Å². The topological polar surface area (TPSA) is 72.7 Å². The molecule has 6 heteroatoms. The largest absolute Gasteiger partial charge is 0.352 e. The second kappa shape index (κ2) is 6.08. The Kier molecular flexibility index (Phi) is 4.22.